The van der Waals surface area contributed by atoms with E-state index in [1.165, 1.54) is 0 Å². The predicted molar refractivity (Wildman–Crippen MR) is 68.6 cm³/mol. The van der Waals surface area contributed by atoms with E-state index in [-0.39, 0.29) is 6.04 Å². The van der Waals surface area contributed by atoms with Crippen molar-refractivity contribution in [3.63, 3.8) is 0 Å². The monoisotopic (exact) mass is 221 g/mol. The van der Waals surface area contributed by atoms with Gasteiger partial charge in [0.2, 0.25) is 0 Å². The molecule has 0 aliphatic rings. The summed E-state index contributed by atoms with van der Waals surface area (Å²) in [4.78, 5) is 0. The molecule has 16 heavy (non-hydrogen) atoms. The zero-order chi connectivity index (χ0) is 12.1. The normalized spacial score (nSPS) is 15.1. The number of phenolic OH excluding ortho intramolecular Hbond substituents is 1. The molecule has 2 unspecified atom stereocenters. The highest BCUT2D eigenvalue weighted by molar-refractivity contribution is 5.34. The molecule has 1 aromatic rings. The number of hydrogen-bond acceptors (Lipinski definition) is 2. The smallest absolute Gasteiger partial charge is 0.120 e. The summed E-state index contributed by atoms with van der Waals surface area (Å²) in [5, 5.41) is 13.4. The maximum absolute atomic E-state index is 9.82. The molecular formula is C14H23NO. The number of rotatable bonds is 5. The molecule has 2 heteroatoms. The molecule has 0 spiro atoms. The highest BCUT2D eigenvalue weighted by Crippen LogP contribution is 2.26. The highest BCUT2D eigenvalue weighted by atomic mass is 16.3. The second-order valence-electron chi connectivity index (χ2n) is 4.72. The van der Waals surface area contributed by atoms with Crippen molar-refractivity contribution in [2.75, 3.05) is 0 Å². The Hall–Kier alpha value is -1.02. The van der Waals surface area contributed by atoms with Gasteiger partial charge in [0.1, 0.15) is 5.75 Å². The van der Waals surface area contributed by atoms with Crippen LogP contribution < -0.4 is 5.32 Å². The lowest BCUT2D eigenvalue weighted by molar-refractivity contribution is 0.361. The van der Waals surface area contributed by atoms with Crippen LogP contribution in [0.4, 0.5) is 0 Å². The topological polar surface area (TPSA) is 32.3 Å². The first-order valence-corrected chi connectivity index (χ1v) is 6.10. The first kappa shape index (κ1) is 13.0. The minimum absolute atomic E-state index is 0.235. The largest absolute Gasteiger partial charge is 0.508 e. The number of phenols is 1. The van der Waals surface area contributed by atoms with Gasteiger partial charge in [-0.2, -0.15) is 0 Å². The Balaban J connectivity index is 2.79. The van der Waals surface area contributed by atoms with E-state index in [1.54, 1.807) is 6.07 Å². The molecule has 0 fully saturated rings. The van der Waals surface area contributed by atoms with Crippen LogP contribution in [0, 0.1) is 5.92 Å². The second kappa shape index (κ2) is 5.90. The minimum Gasteiger partial charge on any atom is -0.508 e. The summed E-state index contributed by atoms with van der Waals surface area (Å²) in [6.07, 6.45) is 0.981. The van der Waals surface area contributed by atoms with Gasteiger partial charge in [-0.15, -0.1) is 0 Å². The third-order valence-corrected chi connectivity index (χ3v) is 3.18. The van der Waals surface area contributed by atoms with Gasteiger partial charge in [0, 0.05) is 17.6 Å². The Kier molecular flexibility index (Phi) is 4.81. The molecule has 0 saturated carbocycles. The Bertz CT molecular complexity index is 322. The molecule has 0 aromatic heterocycles. The van der Waals surface area contributed by atoms with E-state index in [1.807, 2.05) is 18.2 Å². The van der Waals surface area contributed by atoms with Gasteiger partial charge in [-0.25, -0.2) is 0 Å². The van der Waals surface area contributed by atoms with Crippen LogP contribution in [-0.4, -0.2) is 11.1 Å². The first-order chi connectivity index (χ1) is 7.56. The Morgan fingerprint density at radius 3 is 2.31 bits per heavy atom. The molecular weight excluding hydrogens is 198 g/mol. The van der Waals surface area contributed by atoms with Crippen LogP contribution in [0.5, 0.6) is 5.75 Å². The SMILES string of the molecule is CCC(NC(C)C(C)C)c1ccccc1O. The molecule has 2 nitrogen and oxygen atoms in total. The average Bonchev–Trinajstić information content (AvgIpc) is 2.26. The van der Waals surface area contributed by atoms with Crippen molar-refractivity contribution >= 4 is 0 Å². The summed E-state index contributed by atoms with van der Waals surface area (Å²) in [5.41, 5.74) is 0.998. The van der Waals surface area contributed by atoms with E-state index in [0.717, 1.165) is 12.0 Å². The van der Waals surface area contributed by atoms with Gasteiger partial charge in [-0.1, -0.05) is 39.0 Å². The summed E-state index contributed by atoms with van der Waals surface area (Å²) in [6.45, 7) is 8.73. The maximum Gasteiger partial charge on any atom is 0.120 e. The van der Waals surface area contributed by atoms with Crippen molar-refractivity contribution in [1.82, 2.24) is 5.32 Å². The molecule has 0 saturated heterocycles. The zero-order valence-corrected chi connectivity index (χ0v) is 10.7. The van der Waals surface area contributed by atoms with Gasteiger partial charge in [0.05, 0.1) is 0 Å². The van der Waals surface area contributed by atoms with E-state index in [4.69, 9.17) is 0 Å². The van der Waals surface area contributed by atoms with Crippen LogP contribution >= 0.6 is 0 Å². The van der Waals surface area contributed by atoms with E-state index in [2.05, 4.69) is 33.0 Å². The molecule has 0 aliphatic carbocycles. The van der Waals surface area contributed by atoms with Gasteiger partial charge >= 0.3 is 0 Å². The zero-order valence-electron chi connectivity index (χ0n) is 10.7. The summed E-state index contributed by atoms with van der Waals surface area (Å²) >= 11 is 0. The molecule has 0 radical (unpaired) electrons. The molecule has 0 amide bonds. The summed E-state index contributed by atoms with van der Waals surface area (Å²) in [5.74, 6) is 0.984. The lowest BCUT2D eigenvalue weighted by Gasteiger charge is -2.25. The van der Waals surface area contributed by atoms with Gasteiger partial charge < -0.3 is 10.4 Å². The molecule has 2 N–H and O–H groups in total. The van der Waals surface area contributed by atoms with Crippen LogP contribution in [-0.2, 0) is 0 Å². The molecule has 0 aliphatic heterocycles. The Morgan fingerprint density at radius 1 is 1.19 bits per heavy atom. The lowest BCUT2D eigenvalue weighted by atomic mass is 9.99. The van der Waals surface area contributed by atoms with Gasteiger partial charge in [0.25, 0.3) is 0 Å². The van der Waals surface area contributed by atoms with Gasteiger partial charge in [-0.05, 0) is 25.3 Å². The van der Waals surface area contributed by atoms with Crippen LogP contribution in [0.3, 0.4) is 0 Å². The first-order valence-electron chi connectivity index (χ1n) is 6.10. The number of benzene rings is 1. The van der Waals surface area contributed by atoms with Crippen molar-refractivity contribution in [3.8, 4) is 5.75 Å². The van der Waals surface area contributed by atoms with E-state index in [9.17, 15) is 5.11 Å². The predicted octanol–water partition coefficient (Wildman–Crippen LogP) is 3.48. The van der Waals surface area contributed by atoms with Crippen LogP contribution in [0.2, 0.25) is 0 Å². The maximum atomic E-state index is 9.82. The van der Waals surface area contributed by atoms with Gasteiger partial charge in [0.15, 0.2) is 0 Å². The number of aromatic hydroxyl groups is 1. The molecule has 0 bridgehead atoms. The lowest BCUT2D eigenvalue weighted by Crippen LogP contribution is -2.34. The van der Waals surface area contributed by atoms with E-state index < -0.39 is 0 Å². The quantitative estimate of drug-likeness (QED) is 0.798. The number of nitrogens with one attached hydrogen (secondary N) is 1. The number of para-hydroxylation sites is 1. The molecule has 1 aromatic carbocycles. The summed E-state index contributed by atoms with van der Waals surface area (Å²) in [7, 11) is 0. The average molecular weight is 221 g/mol. The van der Waals surface area contributed by atoms with Crippen LogP contribution in [0.25, 0.3) is 0 Å². The number of hydrogen-bond donors (Lipinski definition) is 2. The van der Waals surface area contributed by atoms with E-state index >= 15 is 0 Å². The summed E-state index contributed by atoms with van der Waals surface area (Å²) in [6, 6.07) is 8.25. The fraction of sp³-hybridized carbons (Fsp3) is 0.571. The van der Waals surface area contributed by atoms with Crippen molar-refractivity contribution in [3.05, 3.63) is 29.8 Å². The molecule has 0 heterocycles. The fourth-order valence-corrected chi connectivity index (χ4v) is 1.72. The van der Waals surface area contributed by atoms with Crippen LogP contribution in [0.1, 0.15) is 45.7 Å². The van der Waals surface area contributed by atoms with Crippen molar-refractivity contribution < 1.29 is 5.11 Å². The van der Waals surface area contributed by atoms with Crippen LogP contribution in [0.15, 0.2) is 24.3 Å². The molecule has 1 rings (SSSR count). The highest BCUT2D eigenvalue weighted by Gasteiger charge is 2.16. The van der Waals surface area contributed by atoms with Crippen molar-refractivity contribution in [2.24, 2.45) is 5.92 Å². The second-order valence-corrected chi connectivity index (χ2v) is 4.72. The van der Waals surface area contributed by atoms with Crippen molar-refractivity contribution in [1.29, 1.82) is 0 Å². The Morgan fingerprint density at radius 2 is 1.81 bits per heavy atom. The van der Waals surface area contributed by atoms with Gasteiger partial charge in [-0.3, -0.25) is 0 Å². The Labute approximate surface area is 98.7 Å². The summed E-state index contributed by atoms with van der Waals surface area (Å²) < 4.78 is 0. The standard InChI is InChI=1S/C14H23NO/c1-5-13(15-11(4)10(2)3)12-8-6-7-9-14(12)16/h6-11,13,15-16H,5H2,1-4H3. The minimum atomic E-state index is 0.235. The van der Waals surface area contributed by atoms with Crippen molar-refractivity contribution in [2.45, 2.75) is 46.2 Å². The molecule has 2 atom stereocenters. The third kappa shape index (κ3) is 3.24. The third-order valence-electron chi connectivity index (χ3n) is 3.18. The fourth-order valence-electron chi connectivity index (χ4n) is 1.72. The van der Waals surface area contributed by atoms with E-state index in [0.29, 0.717) is 17.7 Å². The molecule has 90 valence electrons.